The number of alkyl halides is 2. The third kappa shape index (κ3) is 2.63. The molecule has 1 saturated carbocycles. The predicted octanol–water partition coefficient (Wildman–Crippen LogP) is 3.22. The minimum absolute atomic E-state index is 0.139. The lowest BCUT2D eigenvalue weighted by Crippen LogP contribution is -2.09. The summed E-state index contributed by atoms with van der Waals surface area (Å²) in [7, 11) is 0. The lowest BCUT2D eigenvalue weighted by atomic mass is 9.87. The van der Waals surface area contributed by atoms with Crippen LogP contribution in [-0.2, 0) is 0 Å². The van der Waals surface area contributed by atoms with Gasteiger partial charge in [-0.05, 0) is 5.92 Å². The van der Waals surface area contributed by atoms with Crippen molar-refractivity contribution < 1.29 is 8.78 Å². The SMILES string of the molecule is FC(F)CC1CCCCC1. The third-order valence-electron chi connectivity index (χ3n) is 2.24. The standard InChI is InChI=1S/C8H14F2/c9-8(10)6-7-4-2-1-3-5-7/h7-8H,1-6H2. The van der Waals surface area contributed by atoms with Crippen LogP contribution in [0.3, 0.4) is 0 Å². The molecule has 1 rings (SSSR count). The van der Waals surface area contributed by atoms with Crippen LogP contribution < -0.4 is 0 Å². The van der Waals surface area contributed by atoms with Crippen LogP contribution >= 0.6 is 0 Å². The fourth-order valence-corrected chi connectivity index (χ4v) is 1.67. The van der Waals surface area contributed by atoms with Crippen LogP contribution in [-0.4, -0.2) is 6.43 Å². The molecule has 0 heterocycles. The Morgan fingerprint density at radius 3 is 2.20 bits per heavy atom. The van der Waals surface area contributed by atoms with E-state index in [1.54, 1.807) is 0 Å². The highest BCUT2D eigenvalue weighted by atomic mass is 19.3. The number of hydrogen-bond donors (Lipinski definition) is 0. The Balaban J connectivity index is 2.13. The van der Waals surface area contributed by atoms with E-state index in [9.17, 15) is 8.78 Å². The van der Waals surface area contributed by atoms with Gasteiger partial charge < -0.3 is 0 Å². The maximum Gasteiger partial charge on any atom is 0.238 e. The second kappa shape index (κ2) is 3.89. The molecule has 0 aromatic heterocycles. The van der Waals surface area contributed by atoms with Crippen molar-refractivity contribution in [2.75, 3.05) is 0 Å². The molecule has 0 radical (unpaired) electrons. The lowest BCUT2D eigenvalue weighted by Gasteiger charge is -2.20. The number of hydrogen-bond acceptors (Lipinski definition) is 0. The Kier molecular flexibility index (Phi) is 3.10. The molecule has 0 atom stereocenters. The molecular formula is C8H14F2. The molecule has 0 amide bonds. The van der Waals surface area contributed by atoms with E-state index in [1.807, 2.05) is 0 Å². The van der Waals surface area contributed by atoms with Crippen molar-refractivity contribution in [2.45, 2.75) is 45.0 Å². The topological polar surface area (TPSA) is 0 Å². The van der Waals surface area contributed by atoms with Gasteiger partial charge in [-0.15, -0.1) is 0 Å². The normalized spacial score (nSPS) is 21.9. The average molecular weight is 148 g/mol. The quantitative estimate of drug-likeness (QED) is 0.564. The van der Waals surface area contributed by atoms with E-state index in [1.165, 1.54) is 6.42 Å². The minimum atomic E-state index is -2.08. The van der Waals surface area contributed by atoms with Gasteiger partial charge in [-0.3, -0.25) is 0 Å². The first-order valence-corrected chi connectivity index (χ1v) is 4.07. The summed E-state index contributed by atoms with van der Waals surface area (Å²) in [5.74, 6) is 0.328. The smallest absolute Gasteiger partial charge is 0.211 e. The zero-order valence-corrected chi connectivity index (χ0v) is 6.15. The van der Waals surface area contributed by atoms with E-state index in [0.717, 1.165) is 25.7 Å². The highest BCUT2D eigenvalue weighted by Gasteiger charge is 2.17. The van der Waals surface area contributed by atoms with Gasteiger partial charge in [0.25, 0.3) is 0 Å². The summed E-state index contributed by atoms with van der Waals surface area (Å²) in [5, 5.41) is 0. The van der Waals surface area contributed by atoms with Crippen molar-refractivity contribution in [3.8, 4) is 0 Å². The van der Waals surface area contributed by atoms with Gasteiger partial charge in [0.1, 0.15) is 0 Å². The van der Waals surface area contributed by atoms with E-state index in [-0.39, 0.29) is 6.42 Å². The Morgan fingerprint density at radius 2 is 1.70 bits per heavy atom. The molecule has 60 valence electrons. The van der Waals surface area contributed by atoms with E-state index in [0.29, 0.717) is 5.92 Å². The molecule has 1 aliphatic rings. The fraction of sp³-hybridized carbons (Fsp3) is 1.00. The molecule has 0 bridgehead atoms. The molecule has 10 heavy (non-hydrogen) atoms. The highest BCUT2D eigenvalue weighted by molar-refractivity contribution is 4.66. The predicted molar refractivity (Wildman–Crippen MR) is 37.2 cm³/mol. The van der Waals surface area contributed by atoms with Crippen molar-refractivity contribution in [3.63, 3.8) is 0 Å². The van der Waals surface area contributed by atoms with E-state index in [4.69, 9.17) is 0 Å². The first-order valence-electron chi connectivity index (χ1n) is 4.07. The summed E-state index contributed by atoms with van der Waals surface area (Å²) in [6.45, 7) is 0. The van der Waals surface area contributed by atoms with Crippen LogP contribution in [0.2, 0.25) is 0 Å². The van der Waals surface area contributed by atoms with Crippen molar-refractivity contribution in [3.05, 3.63) is 0 Å². The summed E-state index contributed by atoms with van der Waals surface area (Å²) in [6, 6.07) is 0. The zero-order chi connectivity index (χ0) is 7.40. The molecule has 0 aliphatic heterocycles. The summed E-state index contributed by atoms with van der Waals surface area (Å²) >= 11 is 0. The van der Waals surface area contributed by atoms with E-state index in [2.05, 4.69) is 0 Å². The van der Waals surface area contributed by atoms with Crippen LogP contribution in [0, 0.1) is 5.92 Å². The van der Waals surface area contributed by atoms with Crippen LogP contribution in [0.1, 0.15) is 38.5 Å². The maximum absolute atomic E-state index is 11.8. The van der Waals surface area contributed by atoms with Crippen molar-refractivity contribution in [2.24, 2.45) is 5.92 Å². The third-order valence-corrected chi connectivity index (χ3v) is 2.24. The second-order valence-electron chi connectivity index (χ2n) is 3.13. The van der Waals surface area contributed by atoms with Crippen molar-refractivity contribution in [1.29, 1.82) is 0 Å². The van der Waals surface area contributed by atoms with Gasteiger partial charge in [-0.2, -0.15) is 0 Å². The fourth-order valence-electron chi connectivity index (χ4n) is 1.67. The zero-order valence-electron chi connectivity index (χ0n) is 6.15. The van der Waals surface area contributed by atoms with Gasteiger partial charge in [0.15, 0.2) is 0 Å². The van der Waals surface area contributed by atoms with Crippen molar-refractivity contribution in [1.82, 2.24) is 0 Å². The number of halogens is 2. The summed E-state index contributed by atoms with van der Waals surface area (Å²) in [6.07, 6.45) is 3.70. The first-order chi connectivity index (χ1) is 4.79. The number of rotatable bonds is 2. The van der Waals surface area contributed by atoms with Gasteiger partial charge in [-0.25, -0.2) is 8.78 Å². The Bertz CT molecular complexity index is 85.3. The van der Waals surface area contributed by atoms with Gasteiger partial charge in [0.05, 0.1) is 0 Å². The van der Waals surface area contributed by atoms with Crippen LogP contribution in [0.15, 0.2) is 0 Å². The molecule has 0 N–H and O–H groups in total. The van der Waals surface area contributed by atoms with Gasteiger partial charge in [-0.1, -0.05) is 32.1 Å². The molecule has 0 nitrogen and oxygen atoms in total. The molecule has 0 saturated heterocycles. The molecule has 0 spiro atoms. The molecule has 0 aromatic rings. The van der Waals surface area contributed by atoms with Crippen LogP contribution in [0.5, 0.6) is 0 Å². The largest absolute Gasteiger partial charge is 0.238 e. The molecule has 1 fully saturated rings. The maximum atomic E-state index is 11.8. The molecule has 0 unspecified atom stereocenters. The summed E-state index contributed by atoms with van der Waals surface area (Å²) in [5.41, 5.74) is 0. The van der Waals surface area contributed by atoms with Gasteiger partial charge >= 0.3 is 0 Å². The molecule has 1 aliphatic carbocycles. The van der Waals surface area contributed by atoms with Crippen LogP contribution in [0.4, 0.5) is 8.78 Å². The Morgan fingerprint density at radius 1 is 1.10 bits per heavy atom. The van der Waals surface area contributed by atoms with Gasteiger partial charge in [0, 0.05) is 6.42 Å². The van der Waals surface area contributed by atoms with E-state index < -0.39 is 6.43 Å². The Hall–Kier alpha value is -0.140. The summed E-state index contributed by atoms with van der Waals surface area (Å²) < 4.78 is 23.6. The molecule has 0 aromatic carbocycles. The van der Waals surface area contributed by atoms with Crippen LogP contribution in [0.25, 0.3) is 0 Å². The van der Waals surface area contributed by atoms with Gasteiger partial charge in [0.2, 0.25) is 6.43 Å². The van der Waals surface area contributed by atoms with Crippen molar-refractivity contribution >= 4 is 0 Å². The van der Waals surface area contributed by atoms with E-state index >= 15 is 0 Å². The monoisotopic (exact) mass is 148 g/mol. The summed E-state index contributed by atoms with van der Waals surface area (Å²) in [4.78, 5) is 0. The molecule has 2 heteroatoms. The highest BCUT2D eigenvalue weighted by Crippen LogP contribution is 2.28. The first kappa shape index (κ1) is 7.96. The lowest BCUT2D eigenvalue weighted by molar-refractivity contribution is 0.104. The average Bonchev–Trinajstić information content (AvgIpc) is 1.88. The minimum Gasteiger partial charge on any atom is -0.211 e. The second-order valence-corrected chi connectivity index (χ2v) is 3.13. The Labute approximate surface area is 60.6 Å². The molecular weight excluding hydrogens is 134 g/mol.